The average molecular weight is 267 g/mol. The molecule has 0 radical (unpaired) electrons. The molecule has 0 saturated carbocycles. The van der Waals surface area contributed by atoms with Crippen LogP contribution in [0.2, 0.25) is 0 Å². The zero-order valence-corrected chi connectivity index (χ0v) is 10.2. The molecule has 0 spiro atoms. The number of fused-ring (bicyclic) bond motifs is 1. The van der Waals surface area contributed by atoms with Crippen LogP contribution in [0.1, 0.15) is 5.56 Å². The van der Waals surface area contributed by atoms with Gasteiger partial charge in [-0.25, -0.2) is 4.79 Å². The van der Waals surface area contributed by atoms with Crippen LogP contribution in [0.4, 0.5) is 4.79 Å². The molecule has 2 N–H and O–H groups in total. The number of hydrogen-bond acceptors (Lipinski definition) is 4. The topological polar surface area (TPSA) is 88.2 Å². The van der Waals surface area contributed by atoms with E-state index in [2.05, 4.69) is 4.98 Å². The van der Waals surface area contributed by atoms with Gasteiger partial charge >= 0.3 is 6.03 Å². The molecule has 0 aliphatic carbocycles. The van der Waals surface area contributed by atoms with E-state index in [9.17, 15) is 14.4 Å². The van der Waals surface area contributed by atoms with E-state index in [1.165, 1.54) is 6.08 Å². The van der Waals surface area contributed by atoms with Crippen LogP contribution < -0.4 is 10.6 Å². The SMILES string of the molecule is O=C1NC(=O)C(=Cc2ccnc3ccccc23)C(=O)N1. The fourth-order valence-electron chi connectivity index (χ4n) is 2.01. The van der Waals surface area contributed by atoms with Crippen molar-refractivity contribution >= 4 is 34.8 Å². The van der Waals surface area contributed by atoms with E-state index in [1.54, 1.807) is 12.3 Å². The molecule has 1 aromatic heterocycles. The van der Waals surface area contributed by atoms with Gasteiger partial charge in [0.2, 0.25) is 0 Å². The number of benzene rings is 1. The first-order valence-corrected chi connectivity index (χ1v) is 5.87. The highest BCUT2D eigenvalue weighted by atomic mass is 16.2. The molecule has 1 aliphatic heterocycles. The summed E-state index contributed by atoms with van der Waals surface area (Å²) in [6.45, 7) is 0. The van der Waals surface area contributed by atoms with Gasteiger partial charge in [-0.15, -0.1) is 0 Å². The van der Waals surface area contributed by atoms with Crippen molar-refractivity contribution in [1.82, 2.24) is 15.6 Å². The third-order valence-electron chi connectivity index (χ3n) is 2.93. The first kappa shape index (κ1) is 12.0. The number of nitrogens with one attached hydrogen (secondary N) is 2. The molecule has 6 nitrogen and oxygen atoms in total. The minimum atomic E-state index is -0.809. The van der Waals surface area contributed by atoms with E-state index in [1.807, 2.05) is 34.9 Å². The number of carbonyl (C=O) groups excluding carboxylic acids is 3. The molecule has 2 aromatic rings. The molecule has 0 unspecified atom stereocenters. The van der Waals surface area contributed by atoms with Crippen LogP contribution in [0.25, 0.3) is 17.0 Å². The Labute approximate surface area is 113 Å². The summed E-state index contributed by atoms with van der Waals surface area (Å²) in [6, 6.07) is 8.27. The summed E-state index contributed by atoms with van der Waals surface area (Å²) in [7, 11) is 0. The number of carbonyl (C=O) groups is 3. The van der Waals surface area contributed by atoms with Crippen LogP contribution in [0.3, 0.4) is 0 Å². The maximum absolute atomic E-state index is 11.7. The van der Waals surface area contributed by atoms with Gasteiger partial charge in [-0.3, -0.25) is 25.2 Å². The molecule has 3 rings (SSSR count). The number of rotatable bonds is 1. The monoisotopic (exact) mass is 267 g/mol. The first-order valence-electron chi connectivity index (χ1n) is 5.87. The summed E-state index contributed by atoms with van der Waals surface area (Å²) in [5.41, 5.74) is 1.33. The standard InChI is InChI=1S/C14H9N3O3/c18-12-10(13(19)17-14(20)16-12)7-8-5-6-15-11-4-2-1-3-9(8)11/h1-7H,(H2,16,17,18,19,20). The Kier molecular flexibility index (Phi) is 2.76. The number of nitrogens with zero attached hydrogens (tertiary/aromatic N) is 1. The van der Waals surface area contributed by atoms with Crippen LogP contribution >= 0.6 is 0 Å². The van der Waals surface area contributed by atoms with Crippen LogP contribution in [0, 0.1) is 0 Å². The molecule has 0 bridgehead atoms. The number of para-hydroxylation sites is 1. The van der Waals surface area contributed by atoms with E-state index in [4.69, 9.17) is 0 Å². The van der Waals surface area contributed by atoms with Crippen LogP contribution in [-0.2, 0) is 9.59 Å². The number of hydrogen-bond donors (Lipinski definition) is 2. The fraction of sp³-hybridized carbons (Fsp3) is 0. The van der Waals surface area contributed by atoms with Gasteiger partial charge in [0, 0.05) is 11.6 Å². The van der Waals surface area contributed by atoms with Crippen molar-refractivity contribution in [3.05, 3.63) is 47.7 Å². The summed E-state index contributed by atoms with van der Waals surface area (Å²) in [5, 5.41) is 4.89. The van der Waals surface area contributed by atoms with Crippen molar-refractivity contribution in [2.75, 3.05) is 0 Å². The number of aromatic nitrogens is 1. The Balaban J connectivity index is 2.12. The van der Waals surface area contributed by atoms with Gasteiger partial charge in [0.25, 0.3) is 11.8 Å². The summed E-state index contributed by atoms with van der Waals surface area (Å²) in [6.07, 6.45) is 3.04. The number of urea groups is 1. The largest absolute Gasteiger partial charge is 0.328 e. The Morgan fingerprint density at radius 3 is 2.40 bits per heavy atom. The third-order valence-corrected chi connectivity index (χ3v) is 2.93. The molecular formula is C14H9N3O3. The lowest BCUT2D eigenvalue weighted by Crippen LogP contribution is -2.51. The van der Waals surface area contributed by atoms with Crippen molar-refractivity contribution in [3.63, 3.8) is 0 Å². The van der Waals surface area contributed by atoms with Gasteiger partial charge in [-0.05, 0) is 23.8 Å². The van der Waals surface area contributed by atoms with Crippen LogP contribution in [-0.4, -0.2) is 22.8 Å². The third kappa shape index (κ3) is 2.03. The molecule has 1 aromatic carbocycles. The zero-order valence-electron chi connectivity index (χ0n) is 10.2. The maximum atomic E-state index is 11.7. The van der Waals surface area contributed by atoms with Gasteiger partial charge in [0.15, 0.2) is 0 Å². The second kappa shape index (κ2) is 4.58. The number of imide groups is 2. The van der Waals surface area contributed by atoms with Crippen LogP contribution in [0.5, 0.6) is 0 Å². The van der Waals surface area contributed by atoms with E-state index >= 15 is 0 Å². The molecule has 2 heterocycles. The summed E-state index contributed by atoms with van der Waals surface area (Å²) >= 11 is 0. The molecule has 4 amide bonds. The Bertz CT molecular complexity index is 753. The molecule has 0 atom stereocenters. The molecule has 1 saturated heterocycles. The second-order valence-corrected chi connectivity index (χ2v) is 4.21. The van der Waals surface area contributed by atoms with Gasteiger partial charge in [0.1, 0.15) is 5.57 Å². The lowest BCUT2D eigenvalue weighted by molar-refractivity contribution is -0.123. The molecular weight excluding hydrogens is 258 g/mol. The summed E-state index contributed by atoms with van der Waals surface area (Å²) in [5.74, 6) is -1.42. The first-order chi connectivity index (χ1) is 9.65. The van der Waals surface area contributed by atoms with Crippen molar-refractivity contribution < 1.29 is 14.4 Å². The predicted molar refractivity (Wildman–Crippen MR) is 71.4 cm³/mol. The van der Waals surface area contributed by atoms with Gasteiger partial charge in [0.05, 0.1) is 5.52 Å². The highest BCUT2D eigenvalue weighted by Gasteiger charge is 2.27. The Morgan fingerprint density at radius 2 is 1.65 bits per heavy atom. The van der Waals surface area contributed by atoms with E-state index in [0.717, 1.165) is 10.9 Å². The number of barbiturate groups is 1. The van der Waals surface area contributed by atoms with E-state index in [-0.39, 0.29) is 5.57 Å². The molecule has 98 valence electrons. The van der Waals surface area contributed by atoms with Crippen LogP contribution in [0.15, 0.2) is 42.1 Å². The lowest BCUT2D eigenvalue weighted by atomic mass is 10.0. The van der Waals surface area contributed by atoms with Gasteiger partial charge in [-0.2, -0.15) is 0 Å². The highest BCUT2D eigenvalue weighted by Crippen LogP contribution is 2.19. The van der Waals surface area contributed by atoms with Crippen molar-refractivity contribution in [2.24, 2.45) is 0 Å². The molecule has 1 aliphatic rings. The van der Waals surface area contributed by atoms with Crippen molar-refractivity contribution in [2.45, 2.75) is 0 Å². The average Bonchev–Trinajstić information content (AvgIpc) is 2.43. The Morgan fingerprint density at radius 1 is 0.950 bits per heavy atom. The minimum Gasteiger partial charge on any atom is -0.273 e. The fourth-order valence-corrected chi connectivity index (χ4v) is 2.01. The molecule has 1 fully saturated rings. The van der Waals surface area contributed by atoms with Crippen molar-refractivity contribution in [3.8, 4) is 0 Å². The minimum absolute atomic E-state index is 0.110. The normalized spacial score (nSPS) is 15.0. The second-order valence-electron chi connectivity index (χ2n) is 4.21. The highest BCUT2D eigenvalue weighted by molar-refractivity contribution is 6.31. The predicted octanol–water partition coefficient (Wildman–Crippen LogP) is 0.984. The summed E-state index contributed by atoms with van der Waals surface area (Å²) in [4.78, 5) is 38.6. The van der Waals surface area contributed by atoms with E-state index < -0.39 is 17.8 Å². The smallest absolute Gasteiger partial charge is 0.273 e. The molecule has 20 heavy (non-hydrogen) atoms. The van der Waals surface area contributed by atoms with Gasteiger partial charge < -0.3 is 0 Å². The van der Waals surface area contributed by atoms with Crippen molar-refractivity contribution in [1.29, 1.82) is 0 Å². The van der Waals surface area contributed by atoms with Gasteiger partial charge in [-0.1, -0.05) is 18.2 Å². The quantitative estimate of drug-likeness (QED) is 0.595. The zero-order chi connectivity index (χ0) is 14.1. The lowest BCUT2D eigenvalue weighted by Gasteiger charge is -2.14. The summed E-state index contributed by atoms with van der Waals surface area (Å²) < 4.78 is 0. The number of amides is 4. The number of pyridine rings is 1. The maximum Gasteiger partial charge on any atom is 0.328 e. The Hall–Kier alpha value is -3.02. The molecule has 6 heteroatoms. The van der Waals surface area contributed by atoms with E-state index in [0.29, 0.717) is 5.56 Å².